The Morgan fingerprint density at radius 2 is 1.79 bits per heavy atom. The van der Waals surface area contributed by atoms with Crippen LogP contribution in [0.5, 0.6) is 0 Å². The summed E-state index contributed by atoms with van der Waals surface area (Å²) in [5.74, 6) is -0.129. The minimum atomic E-state index is -0.129. The van der Waals surface area contributed by atoms with Crippen molar-refractivity contribution in [3.8, 4) is 0 Å². The Hall–Kier alpha value is -2.36. The molecule has 0 saturated heterocycles. The number of carbonyl (C=O) groups excluding carboxylic acids is 1. The van der Waals surface area contributed by atoms with E-state index < -0.39 is 0 Å². The predicted octanol–water partition coefficient (Wildman–Crippen LogP) is 4.65. The van der Waals surface area contributed by atoms with Gasteiger partial charge in [0.15, 0.2) is 0 Å². The van der Waals surface area contributed by atoms with E-state index in [4.69, 9.17) is 0 Å². The van der Waals surface area contributed by atoms with Gasteiger partial charge in [0, 0.05) is 24.1 Å². The van der Waals surface area contributed by atoms with E-state index in [-0.39, 0.29) is 11.3 Å². The van der Waals surface area contributed by atoms with Crippen molar-refractivity contribution in [3.05, 3.63) is 53.9 Å². The van der Waals surface area contributed by atoms with Crippen LogP contribution in [0.4, 0.5) is 11.4 Å². The lowest BCUT2D eigenvalue weighted by atomic mass is 9.87. The quantitative estimate of drug-likeness (QED) is 0.760. The molecule has 128 valence electrons. The Morgan fingerprint density at radius 1 is 1.08 bits per heavy atom. The molecule has 4 nitrogen and oxygen atoms in total. The van der Waals surface area contributed by atoms with Crippen molar-refractivity contribution < 1.29 is 4.79 Å². The molecule has 24 heavy (non-hydrogen) atoms. The number of hydrogen-bond acceptors (Lipinski definition) is 3. The molecule has 0 aliphatic heterocycles. The van der Waals surface area contributed by atoms with Gasteiger partial charge in [0.2, 0.25) is 0 Å². The number of hydrogen-bond donors (Lipinski definition) is 2. The molecule has 0 spiro atoms. The van der Waals surface area contributed by atoms with Gasteiger partial charge in [0.05, 0.1) is 0 Å². The molecule has 0 radical (unpaired) electrons. The maximum Gasteiger partial charge on any atom is 0.269 e. The largest absolute Gasteiger partial charge is 0.355 e. The van der Waals surface area contributed by atoms with Crippen molar-refractivity contribution in [2.45, 2.75) is 46.0 Å². The zero-order valence-corrected chi connectivity index (χ0v) is 15.0. The summed E-state index contributed by atoms with van der Waals surface area (Å²) in [6, 6.07) is 12.0. The summed E-state index contributed by atoms with van der Waals surface area (Å²) in [5.41, 5.74) is 3.71. The zero-order valence-electron chi connectivity index (χ0n) is 15.0. The Bertz CT molecular complexity index is 672. The lowest BCUT2D eigenvalue weighted by Crippen LogP contribution is -2.25. The van der Waals surface area contributed by atoms with Gasteiger partial charge in [-0.05, 0) is 41.7 Å². The number of nitrogens with one attached hydrogen (secondary N) is 2. The number of anilines is 2. The third-order valence-electron chi connectivity index (χ3n) is 3.85. The smallest absolute Gasteiger partial charge is 0.269 e. The molecule has 0 atom stereocenters. The summed E-state index contributed by atoms with van der Waals surface area (Å²) in [6.45, 7) is 9.37. The number of nitrogens with zero attached hydrogens (tertiary/aromatic N) is 1. The predicted molar refractivity (Wildman–Crippen MR) is 99.9 cm³/mol. The molecule has 2 aromatic rings. The van der Waals surface area contributed by atoms with Crippen LogP contribution in [0, 0.1) is 0 Å². The van der Waals surface area contributed by atoms with Crippen molar-refractivity contribution in [3.63, 3.8) is 0 Å². The van der Waals surface area contributed by atoms with Crippen LogP contribution in [0.3, 0.4) is 0 Å². The fourth-order valence-electron chi connectivity index (χ4n) is 2.32. The highest BCUT2D eigenvalue weighted by Crippen LogP contribution is 2.24. The van der Waals surface area contributed by atoms with Gasteiger partial charge < -0.3 is 10.6 Å². The highest BCUT2D eigenvalue weighted by Gasteiger charge is 2.13. The van der Waals surface area contributed by atoms with E-state index in [1.165, 1.54) is 5.56 Å². The lowest BCUT2D eigenvalue weighted by Gasteiger charge is -2.19. The standard InChI is InChI=1S/C20H27N3O/c1-5-6-12-22-19(24)18-14-17(11-13-21-18)23-16-9-7-15(8-10-16)20(2,3)4/h7-11,13-14H,5-6,12H2,1-4H3,(H,21,23)(H,22,24). The lowest BCUT2D eigenvalue weighted by molar-refractivity contribution is 0.0948. The summed E-state index contributed by atoms with van der Waals surface area (Å²) >= 11 is 0. The van der Waals surface area contributed by atoms with E-state index in [0.717, 1.165) is 24.2 Å². The minimum Gasteiger partial charge on any atom is -0.355 e. The van der Waals surface area contributed by atoms with Gasteiger partial charge in [-0.2, -0.15) is 0 Å². The third kappa shape index (κ3) is 5.08. The molecule has 0 unspecified atom stereocenters. The Balaban J connectivity index is 2.05. The molecule has 0 bridgehead atoms. The van der Waals surface area contributed by atoms with Crippen molar-refractivity contribution in [2.24, 2.45) is 0 Å². The van der Waals surface area contributed by atoms with Crippen LogP contribution < -0.4 is 10.6 Å². The summed E-state index contributed by atoms with van der Waals surface area (Å²) < 4.78 is 0. The molecule has 1 heterocycles. The fraction of sp³-hybridized carbons (Fsp3) is 0.400. The Labute approximate surface area is 144 Å². The first-order valence-electron chi connectivity index (χ1n) is 8.52. The van der Waals surface area contributed by atoms with E-state index in [1.807, 2.05) is 6.07 Å². The first-order chi connectivity index (χ1) is 11.4. The second-order valence-corrected chi connectivity index (χ2v) is 6.99. The van der Waals surface area contributed by atoms with E-state index >= 15 is 0 Å². The highest BCUT2D eigenvalue weighted by atomic mass is 16.1. The van der Waals surface area contributed by atoms with Gasteiger partial charge in [-0.3, -0.25) is 9.78 Å². The van der Waals surface area contributed by atoms with Gasteiger partial charge in [0.1, 0.15) is 5.69 Å². The van der Waals surface area contributed by atoms with Gasteiger partial charge in [0.25, 0.3) is 5.91 Å². The van der Waals surface area contributed by atoms with Crippen molar-refractivity contribution in [1.29, 1.82) is 0 Å². The summed E-state index contributed by atoms with van der Waals surface area (Å²) in [5, 5.41) is 6.21. The topological polar surface area (TPSA) is 54.0 Å². The Kier molecular flexibility index (Phi) is 5.96. The Morgan fingerprint density at radius 3 is 2.42 bits per heavy atom. The molecular formula is C20H27N3O. The first-order valence-corrected chi connectivity index (χ1v) is 8.52. The number of aromatic nitrogens is 1. The second kappa shape index (κ2) is 7.95. The monoisotopic (exact) mass is 325 g/mol. The normalized spacial score (nSPS) is 11.2. The van der Waals surface area contributed by atoms with Crippen molar-refractivity contribution in [2.75, 3.05) is 11.9 Å². The SMILES string of the molecule is CCCCNC(=O)c1cc(Nc2ccc(C(C)(C)C)cc2)ccn1. The van der Waals surface area contributed by atoms with Crippen LogP contribution in [0.2, 0.25) is 0 Å². The van der Waals surface area contributed by atoms with Gasteiger partial charge >= 0.3 is 0 Å². The van der Waals surface area contributed by atoms with Crippen molar-refractivity contribution in [1.82, 2.24) is 10.3 Å². The van der Waals surface area contributed by atoms with E-state index in [2.05, 4.69) is 67.6 Å². The maximum absolute atomic E-state index is 12.1. The van der Waals surface area contributed by atoms with Gasteiger partial charge in [-0.25, -0.2) is 0 Å². The maximum atomic E-state index is 12.1. The number of carbonyl (C=O) groups is 1. The molecule has 2 rings (SSSR count). The van der Waals surface area contributed by atoms with Crippen molar-refractivity contribution >= 4 is 17.3 Å². The molecule has 1 aromatic heterocycles. The van der Waals surface area contributed by atoms with Crippen LogP contribution in [-0.2, 0) is 5.41 Å². The first kappa shape index (κ1) is 18.0. The van der Waals surface area contributed by atoms with E-state index in [0.29, 0.717) is 12.2 Å². The number of benzene rings is 1. The number of unbranched alkanes of at least 4 members (excludes halogenated alkanes) is 1. The molecule has 0 fully saturated rings. The minimum absolute atomic E-state index is 0.129. The summed E-state index contributed by atoms with van der Waals surface area (Å²) in [4.78, 5) is 16.2. The third-order valence-corrected chi connectivity index (χ3v) is 3.85. The second-order valence-electron chi connectivity index (χ2n) is 6.99. The molecule has 0 saturated carbocycles. The number of rotatable bonds is 6. The van der Waals surface area contributed by atoms with Crippen LogP contribution >= 0.6 is 0 Å². The molecule has 1 amide bonds. The summed E-state index contributed by atoms with van der Waals surface area (Å²) in [6.07, 6.45) is 3.68. The molecular weight excluding hydrogens is 298 g/mol. The van der Waals surface area contributed by atoms with Crippen LogP contribution in [-0.4, -0.2) is 17.4 Å². The number of pyridine rings is 1. The van der Waals surface area contributed by atoms with E-state index in [9.17, 15) is 4.79 Å². The van der Waals surface area contributed by atoms with E-state index in [1.54, 1.807) is 12.3 Å². The zero-order chi connectivity index (χ0) is 17.6. The van der Waals surface area contributed by atoms with Crippen LogP contribution in [0.1, 0.15) is 56.6 Å². The molecule has 0 aliphatic rings. The number of amides is 1. The fourth-order valence-corrected chi connectivity index (χ4v) is 2.32. The molecule has 1 aromatic carbocycles. The van der Waals surface area contributed by atoms with Gasteiger partial charge in [-0.1, -0.05) is 46.2 Å². The molecule has 4 heteroatoms. The van der Waals surface area contributed by atoms with Crippen LogP contribution in [0.25, 0.3) is 0 Å². The average molecular weight is 325 g/mol. The summed E-state index contributed by atoms with van der Waals surface area (Å²) in [7, 11) is 0. The molecule has 0 aliphatic carbocycles. The molecule has 2 N–H and O–H groups in total. The van der Waals surface area contributed by atoms with Gasteiger partial charge in [-0.15, -0.1) is 0 Å². The van der Waals surface area contributed by atoms with Crippen LogP contribution in [0.15, 0.2) is 42.6 Å². The highest BCUT2D eigenvalue weighted by molar-refractivity contribution is 5.93. The average Bonchev–Trinajstić information content (AvgIpc) is 2.55.